The Balaban J connectivity index is 1.42. The number of piperidine rings is 1. The highest BCUT2D eigenvalue weighted by Crippen LogP contribution is 2.45. The lowest BCUT2D eigenvalue weighted by molar-refractivity contribution is 0.0521. The van der Waals surface area contributed by atoms with Crippen LogP contribution < -0.4 is 0 Å². The van der Waals surface area contributed by atoms with Crippen molar-refractivity contribution in [2.75, 3.05) is 24.6 Å². The van der Waals surface area contributed by atoms with E-state index in [1.54, 1.807) is 0 Å². The first-order chi connectivity index (χ1) is 11.3. The molecule has 2 atom stereocenters. The number of rotatable bonds is 2. The molecule has 1 aliphatic carbocycles. The molecule has 4 heteroatoms. The standard InChI is InChI=1S/C19H25NOS2/c21-18(20-10-9-14-3-1-2-4-17(14)13-20)15-5-7-16(8-6-15)19-22-11-12-23-19/h5-8,14,17,19H,1-4,9-13H2/t14-,17+/m0/s1. The van der Waals surface area contributed by atoms with Crippen LogP contribution >= 0.6 is 23.5 Å². The summed E-state index contributed by atoms with van der Waals surface area (Å²) in [6.07, 6.45) is 6.67. The smallest absolute Gasteiger partial charge is 0.253 e. The van der Waals surface area contributed by atoms with Crippen LogP contribution in [0.2, 0.25) is 0 Å². The molecule has 2 saturated heterocycles. The first-order valence-corrected chi connectivity index (χ1v) is 11.0. The van der Waals surface area contributed by atoms with Gasteiger partial charge in [0.15, 0.2) is 0 Å². The number of hydrogen-bond donors (Lipinski definition) is 0. The van der Waals surface area contributed by atoms with E-state index in [1.807, 2.05) is 35.7 Å². The van der Waals surface area contributed by atoms with Gasteiger partial charge in [0.25, 0.3) is 5.91 Å². The van der Waals surface area contributed by atoms with Crippen LogP contribution in [0.15, 0.2) is 24.3 Å². The van der Waals surface area contributed by atoms with E-state index in [0.29, 0.717) is 4.58 Å². The number of thioether (sulfide) groups is 2. The molecule has 3 fully saturated rings. The minimum atomic E-state index is 0.243. The Labute approximate surface area is 147 Å². The number of hydrogen-bond acceptors (Lipinski definition) is 3. The summed E-state index contributed by atoms with van der Waals surface area (Å²) in [5.41, 5.74) is 2.23. The van der Waals surface area contributed by atoms with Gasteiger partial charge in [0.05, 0.1) is 4.58 Å². The first kappa shape index (κ1) is 15.9. The fourth-order valence-corrected chi connectivity index (χ4v) is 7.16. The number of fused-ring (bicyclic) bond motifs is 1. The normalized spacial score (nSPS) is 28.6. The highest BCUT2D eigenvalue weighted by atomic mass is 32.2. The van der Waals surface area contributed by atoms with Crippen LogP contribution in [0.25, 0.3) is 0 Å². The minimum Gasteiger partial charge on any atom is -0.338 e. The van der Waals surface area contributed by atoms with Gasteiger partial charge in [0.1, 0.15) is 0 Å². The molecule has 0 spiro atoms. The molecule has 3 aliphatic rings. The van der Waals surface area contributed by atoms with E-state index in [1.165, 1.54) is 49.2 Å². The van der Waals surface area contributed by atoms with Crippen LogP contribution in [0.3, 0.4) is 0 Å². The summed E-state index contributed by atoms with van der Waals surface area (Å²) in [4.78, 5) is 14.9. The summed E-state index contributed by atoms with van der Waals surface area (Å²) in [5, 5.41) is 0. The van der Waals surface area contributed by atoms with Gasteiger partial charge < -0.3 is 4.90 Å². The second-order valence-corrected chi connectivity index (χ2v) is 9.76. The van der Waals surface area contributed by atoms with Gasteiger partial charge in [-0.25, -0.2) is 0 Å². The van der Waals surface area contributed by atoms with E-state index >= 15 is 0 Å². The lowest BCUT2D eigenvalue weighted by Gasteiger charge is -2.41. The van der Waals surface area contributed by atoms with Crippen molar-refractivity contribution < 1.29 is 4.79 Å². The van der Waals surface area contributed by atoms with Crippen molar-refractivity contribution in [2.24, 2.45) is 11.8 Å². The van der Waals surface area contributed by atoms with Gasteiger partial charge in [0.2, 0.25) is 0 Å². The molecular formula is C19H25NOS2. The van der Waals surface area contributed by atoms with Crippen molar-refractivity contribution in [2.45, 2.75) is 36.7 Å². The van der Waals surface area contributed by atoms with E-state index < -0.39 is 0 Å². The fraction of sp³-hybridized carbons (Fsp3) is 0.632. The zero-order valence-corrected chi connectivity index (χ0v) is 15.2. The van der Waals surface area contributed by atoms with Gasteiger partial charge in [-0.1, -0.05) is 31.4 Å². The maximum Gasteiger partial charge on any atom is 0.253 e. The van der Waals surface area contributed by atoms with Gasteiger partial charge in [-0.15, -0.1) is 23.5 Å². The second kappa shape index (κ2) is 7.10. The van der Waals surface area contributed by atoms with Gasteiger partial charge >= 0.3 is 0 Å². The van der Waals surface area contributed by atoms with E-state index in [4.69, 9.17) is 0 Å². The van der Waals surface area contributed by atoms with Gasteiger partial charge in [-0.2, -0.15) is 0 Å². The average Bonchev–Trinajstić information content (AvgIpc) is 3.15. The molecule has 2 aliphatic heterocycles. The zero-order chi connectivity index (χ0) is 15.6. The number of carbonyl (C=O) groups is 1. The van der Waals surface area contributed by atoms with Crippen LogP contribution in [0.1, 0.15) is 52.6 Å². The maximum atomic E-state index is 12.8. The Hall–Kier alpha value is -0.610. The third-order valence-electron chi connectivity index (χ3n) is 5.63. The van der Waals surface area contributed by atoms with Crippen molar-refractivity contribution in [1.82, 2.24) is 4.90 Å². The van der Waals surface area contributed by atoms with E-state index in [0.717, 1.165) is 30.5 Å². The van der Waals surface area contributed by atoms with Crippen molar-refractivity contribution >= 4 is 29.4 Å². The second-order valence-electron chi connectivity index (χ2n) is 7.04. The maximum absolute atomic E-state index is 12.8. The SMILES string of the molecule is O=C(c1ccc(C2SCCS2)cc1)N1CC[C@@H]2CCCC[C@@H]2C1. The molecule has 1 saturated carbocycles. The number of carbonyl (C=O) groups excluding carboxylic acids is 1. The van der Waals surface area contributed by atoms with E-state index in [-0.39, 0.29) is 5.91 Å². The summed E-state index contributed by atoms with van der Waals surface area (Å²) in [7, 11) is 0. The third kappa shape index (κ3) is 3.43. The first-order valence-electron chi connectivity index (χ1n) is 8.94. The Morgan fingerprint density at radius 1 is 0.957 bits per heavy atom. The Bertz CT molecular complexity index is 553. The molecule has 4 rings (SSSR count). The molecule has 23 heavy (non-hydrogen) atoms. The molecule has 0 unspecified atom stereocenters. The number of benzene rings is 1. The monoisotopic (exact) mass is 347 g/mol. The average molecular weight is 348 g/mol. The lowest BCUT2D eigenvalue weighted by Crippen LogP contribution is -2.44. The van der Waals surface area contributed by atoms with Crippen LogP contribution in [-0.2, 0) is 0 Å². The molecule has 2 nitrogen and oxygen atoms in total. The van der Waals surface area contributed by atoms with Crippen molar-refractivity contribution in [3.05, 3.63) is 35.4 Å². The molecule has 1 aromatic carbocycles. The Morgan fingerprint density at radius 2 is 1.65 bits per heavy atom. The summed E-state index contributed by atoms with van der Waals surface area (Å²) >= 11 is 4.04. The Morgan fingerprint density at radius 3 is 2.39 bits per heavy atom. The predicted molar refractivity (Wildman–Crippen MR) is 100 cm³/mol. The summed E-state index contributed by atoms with van der Waals surface area (Å²) in [6, 6.07) is 8.42. The minimum absolute atomic E-state index is 0.243. The highest BCUT2D eigenvalue weighted by molar-refractivity contribution is 8.19. The van der Waals surface area contributed by atoms with Crippen LogP contribution in [-0.4, -0.2) is 35.4 Å². The summed E-state index contributed by atoms with van der Waals surface area (Å²) in [5.74, 6) is 4.37. The molecule has 0 N–H and O–H groups in total. The number of amides is 1. The van der Waals surface area contributed by atoms with Gasteiger partial charge in [-0.3, -0.25) is 4.79 Å². The van der Waals surface area contributed by atoms with E-state index in [2.05, 4.69) is 17.0 Å². The van der Waals surface area contributed by atoms with Crippen molar-refractivity contribution in [1.29, 1.82) is 0 Å². The van der Waals surface area contributed by atoms with Gasteiger partial charge in [0, 0.05) is 30.2 Å². The number of likely N-dealkylation sites (tertiary alicyclic amines) is 1. The van der Waals surface area contributed by atoms with E-state index in [9.17, 15) is 4.79 Å². The van der Waals surface area contributed by atoms with Crippen LogP contribution in [0.4, 0.5) is 0 Å². The molecule has 0 radical (unpaired) electrons. The van der Waals surface area contributed by atoms with Gasteiger partial charge in [-0.05, 0) is 42.4 Å². The largest absolute Gasteiger partial charge is 0.338 e. The van der Waals surface area contributed by atoms with Crippen LogP contribution in [0.5, 0.6) is 0 Å². The summed E-state index contributed by atoms with van der Waals surface area (Å²) < 4.78 is 0.567. The zero-order valence-electron chi connectivity index (χ0n) is 13.6. The molecule has 124 valence electrons. The molecule has 1 amide bonds. The predicted octanol–water partition coefficient (Wildman–Crippen LogP) is 4.82. The highest BCUT2D eigenvalue weighted by Gasteiger charge is 2.33. The third-order valence-corrected chi connectivity index (χ3v) is 8.73. The molecular weight excluding hydrogens is 322 g/mol. The lowest BCUT2D eigenvalue weighted by atomic mass is 9.75. The fourth-order valence-electron chi connectivity index (χ4n) is 4.30. The summed E-state index contributed by atoms with van der Waals surface area (Å²) in [6.45, 7) is 1.94. The van der Waals surface area contributed by atoms with Crippen molar-refractivity contribution in [3.8, 4) is 0 Å². The molecule has 1 aromatic rings. The Kier molecular flexibility index (Phi) is 4.91. The topological polar surface area (TPSA) is 20.3 Å². The molecule has 0 aromatic heterocycles. The van der Waals surface area contributed by atoms with Crippen molar-refractivity contribution in [3.63, 3.8) is 0 Å². The number of nitrogens with zero attached hydrogens (tertiary/aromatic N) is 1. The molecule has 0 bridgehead atoms. The molecule has 2 heterocycles. The van der Waals surface area contributed by atoms with Crippen LogP contribution in [0, 0.1) is 11.8 Å². The quantitative estimate of drug-likeness (QED) is 0.765.